The van der Waals surface area contributed by atoms with E-state index < -0.39 is 6.10 Å². The van der Waals surface area contributed by atoms with Gasteiger partial charge in [-0.25, -0.2) is 0 Å². The van der Waals surface area contributed by atoms with Gasteiger partial charge >= 0.3 is 0 Å². The lowest BCUT2D eigenvalue weighted by Gasteiger charge is -2.26. The number of benzene rings is 4. The molecule has 0 aliphatic carbocycles. The number of aromatic hydroxyl groups is 2. The van der Waals surface area contributed by atoms with Gasteiger partial charge in [-0.2, -0.15) is 0 Å². The van der Waals surface area contributed by atoms with Gasteiger partial charge < -0.3 is 24.4 Å². The first-order valence-electron chi connectivity index (χ1n) is 11.3. The molecule has 1 heterocycles. The van der Waals surface area contributed by atoms with Crippen molar-refractivity contribution in [3.8, 4) is 28.7 Å². The maximum Gasteiger partial charge on any atom is 0.174 e. The van der Waals surface area contributed by atoms with Crippen LogP contribution in [-0.2, 0) is 13.2 Å². The van der Waals surface area contributed by atoms with Crippen molar-refractivity contribution < 1.29 is 29.2 Å². The molecule has 176 valence electrons. The molecule has 0 radical (unpaired) electrons. The average Bonchev–Trinajstić information content (AvgIpc) is 2.87. The molecule has 4 aromatic carbocycles. The van der Waals surface area contributed by atoms with Crippen LogP contribution in [0.25, 0.3) is 0 Å². The number of ether oxygens (including phenoxy) is 3. The van der Waals surface area contributed by atoms with E-state index in [0.717, 1.165) is 22.8 Å². The number of fused-ring (bicyclic) bond motifs is 1. The number of hydrogen-bond donors (Lipinski definition) is 2. The number of phenols is 2. The maximum absolute atomic E-state index is 12.7. The molecular weight excluding hydrogens is 444 g/mol. The summed E-state index contributed by atoms with van der Waals surface area (Å²) < 4.78 is 18.2. The van der Waals surface area contributed by atoms with Crippen molar-refractivity contribution in [3.05, 3.63) is 113 Å². The predicted molar refractivity (Wildman–Crippen MR) is 130 cm³/mol. The first kappa shape index (κ1) is 22.3. The van der Waals surface area contributed by atoms with Gasteiger partial charge in [-0.1, -0.05) is 66.7 Å². The van der Waals surface area contributed by atoms with Crippen molar-refractivity contribution in [2.75, 3.05) is 0 Å². The van der Waals surface area contributed by atoms with Crippen LogP contribution < -0.4 is 14.2 Å². The Bertz CT molecular complexity index is 1330. The van der Waals surface area contributed by atoms with Crippen LogP contribution in [0, 0.1) is 0 Å². The Morgan fingerprint density at radius 2 is 1.40 bits per heavy atom. The summed E-state index contributed by atoms with van der Waals surface area (Å²) in [6, 6.07) is 27.6. The second kappa shape index (κ2) is 9.81. The Hall–Kier alpha value is -4.45. The van der Waals surface area contributed by atoms with Gasteiger partial charge in [0, 0.05) is 12.1 Å². The minimum Gasteiger partial charge on any atom is -0.508 e. The summed E-state index contributed by atoms with van der Waals surface area (Å²) in [4.78, 5) is 12.7. The topological polar surface area (TPSA) is 85.2 Å². The van der Waals surface area contributed by atoms with Gasteiger partial charge in [0.2, 0.25) is 0 Å². The summed E-state index contributed by atoms with van der Waals surface area (Å²) in [5, 5.41) is 19.9. The number of hydrogen-bond acceptors (Lipinski definition) is 6. The van der Waals surface area contributed by atoms with Gasteiger partial charge in [0.25, 0.3) is 0 Å². The zero-order valence-corrected chi connectivity index (χ0v) is 18.9. The van der Waals surface area contributed by atoms with Crippen LogP contribution in [0.5, 0.6) is 28.7 Å². The summed E-state index contributed by atoms with van der Waals surface area (Å²) in [6.07, 6.45) is -0.549. The average molecular weight is 469 g/mol. The minimum absolute atomic E-state index is 0.0493. The highest BCUT2D eigenvalue weighted by Crippen LogP contribution is 2.43. The fourth-order valence-electron chi connectivity index (χ4n) is 4.04. The third-order valence-corrected chi connectivity index (χ3v) is 5.80. The first-order valence-corrected chi connectivity index (χ1v) is 11.3. The van der Waals surface area contributed by atoms with Crippen molar-refractivity contribution in [1.29, 1.82) is 0 Å². The van der Waals surface area contributed by atoms with Crippen molar-refractivity contribution >= 4 is 5.78 Å². The van der Waals surface area contributed by atoms with Crippen LogP contribution >= 0.6 is 0 Å². The van der Waals surface area contributed by atoms with Gasteiger partial charge in [-0.15, -0.1) is 0 Å². The van der Waals surface area contributed by atoms with E-state index in [-0.39, 0.29) is 35.0 Å². The van der Waals surface area contributed by atoms with Crippen LogP contribution in [-0.4, -0.2) is 16.0 Å². The summed E-state index contributed by atoms with van der Waals surface area (Å²) >= 11 is 0. The summed E-state index contributed by atoms with van der Waals surface area (Å²) in [6.45, 7) is 0.729. The zero-order chi connectivity index (χ0) is 24.2. The Morgan fingerprint density at radius 1 is 0.771 bits per heavy atom. The standard InChI is InChI=1S/C29H24O6/c30-22-14-23(31)29-24(32)16-26(35-28(29)15-22)21-11-12-25(33-17-19-7-3-1-4-8-19)27(13-21)34-18-20-9-5-2-6-10-20/h1-15,26,30-31H,16-18H2/t26-/m1/s1. The van der Waals surface area contributed by atoms with Crippen LogP contribution in [0.1, 0.15) is 39.6 Å². The van der Waals surface area contributed by atoms with Gasteiger partial charge in [-0.05, 0) is 28.8 Å². The van der Waals surface area contributed by atoms with Gasteiger partial charge in [0.1, 0.15) is 42.1 Å². The van der Waals surface area contributed by atoms with Gasteiger partial charge in [-0.3, -0.25) is 4.79 Å². The van der Waals surface area contributed by atoms with E-state index in [9.17, 15) is 15.0 Å². The number of Topliss-reactive ketones (excluding diaryl/α,β-unsaturated/α-hetero) is 1. The van der Waals surface area contributed by atoms with E-state index in [1.807, 2.05) is 78.9 Å². The van der Waals surface area contributed by atoms with E-state index >= 15 is 0 Å². The normalized spacial score (nSPS) is 14.6. The number of carbonyl (C=O) groups is 1. The predicted octanol–water partition coefficient (Wildman–Crippen LogP) is 5.96. The molecule has 0 aromatic heterocycles. The number of rotatable bonds is 7. The highest BCUT2D eigenvalue weighted by molar-refractivity contribution is 6.02. The second-order valence-corrected chi connectivity index (χ2v) is 8.33. The molecule has 0 unspecified atom stereocenters. The lowest BCUT2D eigenvalue weighted by Crippen LogP contribution is -2.20. The third kappa shape index (κ3) is 5.06. The Kier molecular flexibility index (Phi) is 6.26. The van der Waals surface area contributed by atoms with Crippen molar-refractivity contribution in [1.82, 2.24) is 0 Å². The highest BCUT2D eigenvalue weighted by Gasteiger charge is 2.31. The summed E-state index contributed by atoms with van der Waals surface area (Å²) in [5.74, 6) is 0.533. The monoisotopic (exact) mass is 468 g/mol. The molecule has 0 saturated heterocycles. The molecule has 0 bridgehead atoms. The largest absolute Gasteiger partial charge is 0.508 e. The van der Waals surface area contributed by atoms with E-state index in [0.29, 0.717) is 24.7 Å². The molecule has 1 atom stereocenters. The van der Waals surface area contributed by atoms with E-state index in [1.165, 1.54) is 6.07 Å². The highest BCUT2D eigenvalue weighted by atomic mass is 16.5. The van der Waals surface area contributed by atoms with Crippen molar-refractivity contribution in [2.24, 2.45) is 0 Å². The van der Waals surface area contributed by atoms with Crippen LogP contribution in [0.3, 0.4) is 0 Å². The van der Waals surface area contributed by atoms with E-state index in [2.05, 4.69) is 0 Å². The molecule has 0 amide bonds. The van der Waals surface area contributed by atoms with Crippen LogP contribution in [0.4, 0.5) is 0 Å². The quantitative estimate of drug-likeness (QED) is 0.348. The van der Waals surface area contributed by atoms with Crippen LogP contribution in [0.2, 0.25) is 0 Å². The minimum atomic E-state index is -0.599. The van der Waals surface area contributed by atoms with Crippen LogP contribution in [0.15, 0.2) is 91.0 Å². The smallest absolute Gasteiger partial charge is 0.174 e. The molecule has 6 heteroatoms. The SMILES string of the molecule is O=C1C[C@H](c2ccc(OCc3ccccc3)c(OCc3ccccc3)c2)Oc2cc(O)cc(O)c21. The van der Waals surface area contributed by atoms with Crippen molar-refractivity contribution in [3.63, 3.8) is 0 Å². The summed E-state index contributed by atoms with van der Waals surface area (Å²) in [7, 11) is 0. The number of ketones is 1. The molecule has 1 aliphatic heterocycles. The van der Waals surface area contributed by atoms with Gasteiger partial charge in [0.05, 0.1) is 6.42 Å². The molecule has 5 rings (SSSR count). The number of carbonyl (C=O) groups excluding carboxylic acids is 1. The Morgan fingerprint density at radius 3 is 2.06 bits per heavy atom. The first-order chi connectivity index (χ1) is 17.1. The molecule has 35 heavy (non-hydrogen) atoms. The Balaban J connectivity index is 1.42. The van der Waals surface area contributed by atoms with Crippen molar-refractivity contribution in [2.45, 2.75) is 25.7 Å². The molecule has 2 N–H and O–H groups in total. The van der Waals surface area contributed by atoms with E-state index in [1.54, 1.807) is 0 Å². The third-order valence-electron chi connectivity index (χ3n) is 5.80. The molecule has 0 fully saturated rings. The Labute approximate surface area is 203 Å². The zero-order valence-electron chi connectivity index (χ0n) is 18.9. The lowest BCUT2D eigenvalue weighted by atomic mass is 9.95. The van der Waals surface area contributed by atoms with E-state index in [4.69, 9.17) is 14.2 Å². The molecule has 4 aromatic rings. The molecule has 0 spiro atoms. The maximum atomic E-state index is 12.7. The number of phenolic OH excluding ortho intramolecular Hbond substituents is 2. The second-order valence-electron chi connectivity index (χ2n) is 8.33. The fourth-order valence-corrected chi connectivity index (χ4v) is 4.04. The van der Waals surface area contributed by atoms with Gasteiger partial charge in [0.15, 0.2) is 17.3 Å². The molecule has 1 aliphatic rings. The molecule has 0 saturated carbocycles. The summed E-state index contributed by atoms with van der Waals surface area (Å²) in [5.41, 5.74) is 2.85. The lowest BCUT2D eigenvalue weighted by molar-refractivity contribution is 0.0844. The molecule has 6 nitrogen and oxygen atoms in total. The fraction of sp³-hybridized carbons (Fsp3) is 0.138. The molecular formula is C29H24O6.